The number of aromatic nitrogens is 3. The third kappa shape index (κ3) is 8.46. The van der Waals surface area contributed by atoms with Crippen LogP contribution in [0.5, 0.6) is 0 Å². The van der Waals surface area contributed by atoms with E-state index in [1.54, 1.807) is 0 Å². The van der Waals surface area contributed by atoms with Gasteiger partial charge in [0, 0.05) is 35.3 Å². The highest BCUT2D eigenvalue weighted by Gasteiger charge is 2.55. The van der Waals surface area contributed by atoms with E-state index in [1.165, 1.54) is 134 Å². The lowest BCUT2D eigenvalue weighted by Gasteiger charge is -2.30. The number of hydrogen-bond acceptors (Lipinski definition) is 3. The van der Waals surface area contributed by atoms with Crippen LogP contribution in [0.25, 0.3) is 137 Å². The van der Waals surface area contributed by atoms with Crippen molar-refractivity contribution in [3.8, 4) is 101 Å². The lowest BCUT2D eigenvalue weighted by atomic mass is 9.70. The summed E-state index contributed by atoms with van der Waals surface area (Å²) in [6.45, 7) is 0. The number of benzene rings is 13. The Kier molecular flexibility index (Phi) is 12.8. The van der Waals surface area contributed by atoms with Gasteiger partial charge in [0.05, 0.1) is 33.3 Å². The van der Waals surface area contributed by atoms with Crippen LogP contribution in [0, 0.1) is 0 Å². The second kappa shape index (κ2) is 22.8. The zero-order valence-corrected chi connectivity index (χ0v) is 57.2. The predicted octanol–water partition coefficient (Wildman–Crippen LogP) is 24.4. The molecule has 0 amide bonds. The van der Waals surface area contributed by atoms with E-state index in [0.717, 1.165) is 67.2 Å². The van der Waals surface area contributed by atoms with Crippen LogP contribution in [0.15, 0.2) is 346 Å². The Bertz CT molecular complexity index is 5630. The second-order valence-electron chi connectivity index (χ2n) is 28.8. The number of rotatable bonds is 9. The zero-order chi connectivity index (χ0) is 69.0. The minimum atomic E-state index is -0.418. The predicted molar refractivity (Wildman–Crippen MR) is 431 cm³/mol. The molecule has 0 N–H and O–H groups in total. The fraction of sp³-hybridized carbons (Fsp3) is 0.0294. The molecule has 0 bridgehead atoms. The minimum Gasteiger partial charge on any atom is -0.256 e. The van der Waals surface area contributed by atoms with Crippen LogP contribution in [0.2, 0.25) is 0 Å². The van der Waals surface area contributed by atoms with Crippen molar-refractivity contribution >= 4 is 36.5 Å². The van der Waals surface area contributed by atoms with Gasteiger partial charge in [0.1, 0.15) is 0 Å². The van der Waals surface area contributed by atoms with E-state index in [4.69, 9.17) is 15.0 Å². The first kappa shape index (κ1) is 59.2. The molecule has 13 aromatic carbocycles. The largest absolute Gasteiger partial charge is 0.256 e. The Balaban J connectivity index is 0.586. The lowest BCUT2D eigenvalue weighted by Crippen LogP contribution is -2.25. The maximum absolute atomic E-state index is 5.18. The van der Waals surface area contributed by atoms with Crippen molar-refractivity contribution in [3.63, 3.8) is 0 Å². The van der Waals surface area contributed by atoms with E-state index in [9.17, 15) is 0 Å². The van der Waals surface area contributed by atoms with Crippen LogP contribution >= 0.6 is 0 Å². The van der Waals surface area contributed by atoms with E-state index in [2.05, 4.69) is 364 Å². The molecule has 0 radical (unpaired) electrons. The van der Waals surface area contributed by atoms with Gasteiger partial charge in [-0.05, 0) is 222 Å². The Labute approximate surface area is 610 Å². The summed E-state index contributed by atoms with van der Waals surface area (Å²) in [4.78, 5) is 15.5. The van der Waals surface area contributed by atoms with Gasteiger partial charge >= 0.3 is 0 Å². The third-order valence-electron chi connectivity index (χ3n) is 23.6. The molecular formula is C102H63N3. The highest BCUT2D eigenvalue weighted by Crippen LogP contribution is 2.66. The molecule has 0 fully saturated rings. The summed E-state index contributed by atoms with van der Waals surface area (Å²) in [5.74, 6) is 0. The summed E-state index contributed by atoms with van der Waals surface area (Å²) < 4.78 is 0. The Morgan fingerprint density at radius 1 is 0.162 bits per heavy atom. The van der Waals surface area contributed by atoms with Crippen LogP contribution in [0.1, 0.15) is 100 Å². The first-order valence-electron chi connectivity index (χ1n) is 36.4. The van der Waals surface area contributed by atoms with E-state index in [1.807, 2.05) is 18.6 Å². The molecule has 0 atom stereocenters. The SMILES string of the molecule is C(=C\c1cc(/C=C/c2ccc(-c3ccc4c(c3)C3(c5ccccc5-c5ccccc53)c3ccccc3-4)nc2)cc(/C=C/c2ccc(-c3ccc4c(c3)C3(c5ccccc5-c5ccccc53)c3ccccc3-4)nc2)c1)/c1ccc(-c2ccc3c(c2)C2(c4ccccc4-c4ccccc42)c2ccccc2-3)nc1. The van der Waals surface area contributed by atoms with Crippen LogP contribution in [-0.2, 0) is 16.2 Å². The number of pyridine rings is 3. The smallest absolute Gasteiger partial charge is 0.0725 e. The van der Waals surface area contributed by atoms with E-state index in [-0.39, 0.29) is 0 Å². The molecule has 105 heavy (non-hydrogen) atoms. The van der Waals surface area contributed by atoms with Gasteiger partial charge in [-0.1, -0.05) is 309 Å². The zero-order valence-electron chi connectivity index (χ0n) is 57.2. The lowest BCUT2D eigenvalue weighted by molar-refractivity contribution is 0.794. The van der Waals surface area contributed by atoms with Gasteiger partial charge in [-0.25, -0.2) is 0 Å². The van der Waals surface area contributed by atoms with Crippen molar-refractivity contribution in [1.82, 2.24) is 15.0 Å². The first-order chi connectivity index (χ1) is 52.0. The monoisotopic (exact) mass is 1330 g/mol. The highest BCUT2D eigenvalue weighted by atomic mass is 14.7. The fourth-order valence-electron chi connectivity index (χ4n) is 19.4. The molecule has 3 heterocycles. The first-order valence-corrected chi connectivity index (χ1v) is 36.4. The van der Waals surface area contributed by atoms with Crippen LogP contribution in [-0.4, -0.2) is 15.0 Å². The topological polar surface area (TPSA) is 38.7 Å². The van der Waals surface area contributed by atoms with Gasteiger partial charge in [0.15, 0.2) is 0 Å². The number of hydrogen-bond donors (Lipinski definition) is 0. The van der Waals surface area contributed by atoms with Crippen molar-refractivity contribution in [2.75, 3.05) is 0 Å². The molecule has 486 valence electrons. The molecule has 3 spiro atoms. The van der Waals surface area contributed by atoms with Crippen LogP contribution in [0.3, 0.4) is 0 Å². The van der Waals surface area contributed by atoms with Crippen molar-refractivity contribution in [2.45, 2.75) is 16.2 Å². The maximum Gasteiger partial charge on any atom is 0.0725 e. The summed E-state index contributed by atoms with van der Waals surface area (Å²) in [6.07, 6.45) is 19.1. The second-order valence-corrected chi connectivity index (χ2v) is 28.8. The average molecular weight is 1330 g/mol. The molecule has 16 aromatic rings. The van der Waals surface area contributed by atoms with Crippen LogP contribution in [0.4, 0.5) is 0 Å². The van der Waals surface area contributed by atoms with Crippen molar-refractivity contribution < 1.29 is 0 Å². The number of nitrogens with zero attached hydrogens (tertiary/aromatic N) is 3. The molecule has 6 aliphatic rings. The standard InChI is InChI=1S/C102H63N3/c1-10-28-85-73(19-1)74-20-2-11-29-86(74)100(85)91-34-16-7-25-79(91)82-49-46-70(58-94(82)100)97-52-43-64(61-103-97)37-40-67-55-68(41-38-65-44-53-98(104-62-65)71-47-50-83-80-26-8-17-35-92(80)101(95(83)59-71)87-30-12-3-21-75(87)76-22-4-13-31-88(76)101)57-69(56-67)42-39-66-45-54-99(105-63-66)72-48-51-84-81-27-9-18-36-93(81)102(96(84)60-72)89-32-14-5-23-77(89)78-24-6-15-33-90(78)102/h1-63H/b40-37+,41-38+,42-39+. The van der Waals surface area contributed by atoms with Crippen molar-refractivity contribution in [2.24, 2.45) is 0 Å². The molecular weight excluding hydrogens is 1270 g/mol. The summed E-state index contributed by atoms with van der Waals surface area (Å²) in [6, 6.07) is 122. The van der Waals surface area contributed by atoms with Gasteiger partial charge in [-0.15, -0.1) is 0 Å². The fourth-order valence-corrected chi connectivity index (χ4v) is 19.4. The molecule has 0 saturated heterocycles. The Morgan fingerprint density at radius 2 is 0.352 bits per heavy atom. The van der Waals surface area contributed by atoms with Crippen LogP contribution < -0.4 is 0 Å². The van der Waals surface area contributed by atoms with E-state index >= 15 is 0 Å². The summed E-state index contributed by atoms with van der Waals surface area (Å²) in [5.41, 5.74) is 42.5. The van der Waals surface area contributed by atoms with Gasteiger partial charge in [0.25, 0.3) is 0 Å². The van der Waals surface area contributed by atoms with Gasteiger partial charge in [-0.2, -0.15) is 0 Å². The Morgan fingerprint density at radius 3 is 0.552 bits per heavy atom. The van der Waals surface area contributed by atoms with Crippen molar-refractivity contribution in [1.29, 1.82) is 0 Å². The molecule has 3 aromatic heterocycles. The van der Waals surface area contributed by atoms with E-state index in [0.29, 0.717) is 0 Å². The summed E-state index contributed by atoms with van der Waals surface area (Å²) in [7, 11) is 0. The molecule has 3 nitrogen and oxygen atoms in total. The number of fused-ring (bicyclic) bond motifs is 30. The Hall–Kier alpha value is -13.5. The molecule has 22 rings (SSSR count). The maximum atomic E-state index is 5.18. The van der Waals surface area contributed by atoms with Gasteiger partial charge < -0.3 is 0 Å². The molecule has 0 unspecified atom stereocenters. The highest BCUT2D eigenvalue weighted by molar-refractivity contribution is 6.00. The molecule has 0 saturated carbocycles. The average Bonchev–Trinajstić information content (AvgIpc) is 1.53. The normalized spacial score (nSPS) is 14.4. The molecule has 0 aliphatic heterocycles. The van der Waals surface area contributed by atoms with Gasteiger partial charge in [0.2, 0.25) is 0 Å². The van der Waals surface area contributed by atoms with Gasteiger partial charge in [-0.3, -0.25) is 15.0 Å². The minimum absolute atomic E-state index is 0.418. The summed E-state index contributed by atoms with van der Waals surface area (Å²) >= 11 is 0. The van der Waals surface area contributed by atoms with E-state index < -0.39 is 16.2 Å². The molecule has 6 aliphatic carbocycles. The summed E-state index contributed by atoms with van der Waals surface area (Å²) in [5, 5.41) is 0. The van der Waals surface area contributed by atoms with Crippen molar-refractivity contribution in [3.05, 3.63) is 446 Å². The quantitative estimate of drug-likeness (QED) is 0.145. The molecule has 3 heteroatoms. The third-order valence-corrected chi connectivity index (χ3v) is 23.6.